The van der Waals surface area contributed by atoms with E-state index in [1.165, 1.54) is 12.1 Å². The van der Waals surface area contributed by atoms with Crippen molar-refractivity contribution < 1.29 is 13.2 Å². The number of hydrogen-bond donors (Lipinski definition) is 1. The number of carbonyl (C=O) groups excluding carboxylic acids is 1. The van der Waals surface area contributed by atoms with Gasteiger partial charge in [0.1, 0.15) is 0 Å². The Morgan fingerprint density at radius 2 is 2.00 bits per heavy atom. The second-order valence-electron chi connectivity index (χ2n) is 5.24. The topological polar surface area (TPSA) is 80.5 Å². The van der Waals surface area contributed by atoms with Crippen molar-refractivity contribution in [3.8, 4) is 0 Å². The molecule has 1 amide bonds. The second kappa shape index (κ2) is 5.93. The Bertz CT molecular complexity index is 594. The third kappa shape index (κ3) is 3.58. The number of benzene rings is 1. The first kappa shape index (κ1) is 15.0. The molecule has 0 spiro atoms. The molecule has 1 saturated carbocycles. The quantitative estimate of drug-likeness (QED) is 0.865. The van der Waals surface area contributed by atoms with Gasteiger partial charge in [0, 0.05) is 13.1 Å². The van der Waals surface area contributed by atoms with Crippen molar-refractivity contribution in [3.05, 3.63) is 29.8 Å². The minimum Gasteiger partial charge on any atom is -0.338 e. The molecule has 1 fully saturated rings. The van der Waals surface area contributed by atoms with Gasteiger partial charge in [-0.25, -0.2) is 13.6 Å². The first-order chi connectivity index (χ1) is 9.43. The lowest BCUT2D eigenvalue weighted by Crippen LogP contribution is -2.34. The average molecular weight is 296 g/mol. The predicted molar refractivity (Wildman–Crippen MR) is 76.7 cm³/mol. The van der Waals surface area contributed by atoms with E-state index < -0.39 is 10.0 Å². The van der Waals surface area contributed by atoms with Crippen LogP contribution in [0.4, 0.5) is 0 Å². The Hall–Kier alpha value is -1.40. The number of nitrogens with two attached hydrogens (primary N) is 1. The summed E-state index contributed by atoms with van der Waals surface area (Å²) in [6, 6.07) is 6.13. The number of primary sulfonamides is 1. The van der Waals surface area contributed by atoms with Crippen LogP contribution in [-0.2, 0) is 10.0 Å². The predicted octanol–water partition coefficient (Wildman–Crippen LogP) is 1.60. The molecule has 2 rings (SSSR count). The summed E-state index contributed by atoms with van der Waals surface area (Å²) < 4.78 is 23.2. The van der Waals surface area contributed by atoms with E-state index in [1.807, 2.05) is 6.92 Å². The maximum atomic E-state index is 12.6. The van der Waals surface area contributed by atoms with Crippen LogP contribution in [0.1, 0.15) is 36.5 Å². The van der Waals surface area contributed by atoms with Gasteiger partial charge < -0.3 is 4.90 Å². The lowest BCUT2D eigenvalue weighted by molar-refractivity contribution is 0.0744. The summed E-state index contributed by atoms with van der Waals surface area (Å²) in [4.78, 5) is 14.2. The third-order valence-corrected chi connectivity index (χ3v) is 4.35. The van der Waals surface area contributed by atoms with Gasteiger partial charge in [0.2, 0.25) is 10.0 Å². The van der Waals surface area contributed by atoms with Crippen LogP contribution in [0.15, 0.2) is 29.2 Å². The van der Waals surface area contributed by atoms with Crippen LogP contribution >= 0.6 is 0 Å². The molecule has 0 unspecified atom stereocenters. The molecule has 0 bridgehead atoms. The zero-order chi connectivity index (χ0) is 14.8. The van der Waals surface area contributed by atoms with Gasteiger partial charge in [0.15, 0.2) is 0 Å². The van der Waals surface area contributed by atoms with Gasteiger partial charge in [0.25, 0.3) is 5.91 Å². The molecule has 0 heterocycles. The Balaban J connectivity index is 2.30. The average Bonchev–Trinajstić information content (AvgIpc) is 3.20. The van der Waals surface area contributed by atoms with Crippen LogP contribution in [0, 0.1) is 5.92 Å². The van der Waals surface area contributed by atoms with E-state index in [4.69, 9.17) is 5.14 Å². The van der Waals surface area contributed by atoms with E-state index in [1.54, 1.807) is 17.0 Å². The van der Waals surface area contributed by atoms with E-state index in [9.17, 15) is 13.2 Å². The van der Waals surface area contributed by atoms with Gasteiger partial charge in [-0.15, -0.1) is 0 Å². The molecule has 0 atom stereocenters. The normalized spacial score (nSPS) is 15.1. The van der Waals surface area contributed by atoms with Gasteiger partial charge in [-0.3, -0.25) is 4.79 Å². The fourth-order valence-electron chi connectivity index (χ4n) is 2.22. The molecule has 1 aliphatic carbocycles. The van der Waals surface area contributed by atoms with E-state index >= 15 is 0 Å². The standard InChI is InChI=1S/C14H20N2O3S/c1-2-9-16(10-11-7-8-11)14(17)12-5-3-4-6-13(12)20(15,18)19/h3-6,11H,2,7-10H2,1H3,(H2,15,18,19). The molecule has 6 heteroatoms. The fraction of sp³-hybridized carbons (Fsp3) is 0.500. The van der Waals surface area contributed by atoms with Crippen LogP contribution in [0.25, 0.3) is 0 Å². The molecule has 0 aliphatic heterocycles. The van der Waals surface area contributed by atoms with Crippen LogP contribution in [0.5, 0.6) is 0 Å². The smallest absolute Gasteiger partial charge is 0.255 e. The van der Waals surface area contributed by atoms with Gasteiger partial charge in [-0.05, 0) is 37.3 Å². The summed E-state index contributed by atoms with van der Waals surface area (Å²) in [7, 11) is -3.89. The van der Waals surface area contributed by atoms with Crippen molar-refractivity contribution in [1.29, 1.82) is 0 Å². The van der Waals surface area contributed by atoms with Crippen molar-refractivity contribution in [3.63, 3.8) is 0 Å². The van der Waals surface area contributed by atoms with E-state index in [-0.39, 0.29) is 16.4 Å². The molecule has 2 N–H and O–H groups in total. The largest absolute Gasteiger partial charge is 0.338 e. The number of carbonyl (C=O) groups is 1. The van der Waals surface area contributed by atoms with E-state index in [0.29, 0.717) is 19.0 Å². The molecule has 0 aromatic heterocycles. The molecule has 0 radical (unpaired) electrons. The molecule has 1 aliphatic rings. The summed E-state index contributed by atoms with van der Waals surface area (Å²) in [6.45, 7) is 3.33. The molecule has 1 aromatic rings. The van der Waals surface area contributed by atoms with E-state index in [2.05, 4.69) is 0 Å². The molecule has 5 nitrogen and oxygen atoms in total. The van der Waals surface area contributed by atoms with Crippen molar-refractivity contribution in [1.82, 2.24) is 4.90 Å². The van der Waals surface area contributed by atoms with Crippen LogP contribution in [0.3, 0.4) is 0 Å². The lowest BCUT2D eigenvalue weighted by Gasteiger charge is -2.23. The van der Waals surface area contributed by atoms with Gasteiger partial charge in [0.05, 0.1) is 10.5 Å². The van der Waals surface area contributed by atoms with Crippen molar-refractivity contribution in [2.45, 2.75) is 31.1 Å². The summed E-state index contributed by atoms with van der Waals surface area (Å²) >= 11 is 0. The Morgan fingerprint density at radius 1 is 1.35 bits per heavy atom. The van der Waals surface area contributed by atoms with Crippen LogP contribution in [0.2, 0.25) is 0 Å². The number of rotatable bonds is 6. The highest BCUT2D eigenvalue weighted by Gasteiger charge is 2.28. The maximum absolute atomic E-state index is 12.6. The molecule has 20 heavy (non-hydrogen) atoms. The number of hydrogen-bond acceptors (Lipinski definition) is 3. The second-order valence-corrected chi connectivity index (χ2v) is 6.77. The lowest BCUT2D eigenvalue weighted by atomic mass is 10.2. The maximum Gasteiger partial charge on any atom is 0.255 e. The number of nitrogens with zero attached hydrogens (tertiary/aromatic N) is 1. The van der Waals surface area contributed by atoms with Crippen LogP contribution in [-0.4, -0.2) is 32.3 Å². The molecule has 110 valence electrons. The molecular formula is C14H20N2O3S. The summed E-state index contributed by atoms with van der Waals surface area (Å²) in [5, 5.41) is 5.18. The number of sulfonamides is 1. The van der Waals surface area contributed by atoms with Crippen molar-refractivity contribution in [2.75, 3.05) is 13.1 Å². The third-order valence-electron chi connectivity index (χ3n) is 3.38. The van der Waals surface area contributed by atoms with Gasteiger partial charge in [-0.1, -0.05) is 19.1 Å². The highest BCUT2D eigenvalue weighted by molar-refractivity contribution is 7.89. The Labute approximate surface area is 119 Å². The van der Waals surface area contributed by atoms with Crippen molar-refractivity contribution >= 4 is 15.9 Å². The van der Waals surface area contributed by atoms with Crippen LogP contribution < -0.4 is 5.14 Å². The zero-order valence-corrected chi connectivity index (χ0v) is 12.4. The van der Waals surface area contributed by atoms with Gasteiger partial charge in [-0.2, -0.15) is 0 Å². The molecule has 0 saturated heterocycles. The van der Waals surface area contributed by atoms with Crippen molar-refractivity contribution in [2.24, 2.45) is 11.1 Å². The SMILES string of the molecule is CCCN(CC1CC1)C(=O)c1ccccc1S(N)(=O)=O. The molecule has 1 aromatic carbocycles. The minimum atomic E-state index is -3.89. The zero-order valence-electron chi connectivity index (χ0n) is 11.6. The summed E-state index contributed by atoms with van der Waals surface area (Å²) in [5.74, 6) is 0.315. The minimum absolute atomic E-state index is 0.0955. The highest BCUT2D eigenvalue weighted by atomic mass is 32.2. The fourth-order valence-corrected chi connectivity index (χ4v) is 2.95. The summed E-state index contributed by atoms with van der Waals surface area (Å²) in [6.07, 6.45) is 3.13. The monoisotopic (exact) mass is 296 g/mol. The first-order valence-corrected chi connectivity index (χ1v) is 8.39. The number of amides is 1. The summed E-state index contributed by atoms with van der Waals surface area (Å²) in [5.41, 5.74) is 0.170. The van der Waals surface area contributed by atoms with E-state index in [0.717, 1.165) is 19.3 Å². The molecular weight excluding hydrogens is 276 g/mol. The Kier molecular flexibility index (Phi) is 4.45. The Morgan fingerprint density at radius 3 is 2.55 bits per heavy atom. The van der Waals surface area contributed by atoms with Gasteiger partial charge >= 0.3 is 0 Å². The highest BCUT2D eigenvalue weighted by Crippen LogP contribution is 2.30. The first-order valence-electron chi connectivity index (χ1n) is 6.84.